The van der Waals surface area contributed by atoms with E-state index in [4.69, 9.17) is 10.2 Å². The van der Waals surface area contributed by atoms with Gasteiger partial charge in [-0.2, -0.15) is 0 Å². The predicted octanol–water partition coefficient (Wildman–Crippen LogP) is 1.30. The van der Waals surface area contributed by atoms with Crippen LogP contribution in [0.25, 0.3) is 0 Å². The van der Waals surface area contributed by atoms with Crippen molar-refractivity contribution in [1.29, 1.82) is 0 Å². The van der Waals surface area contributed by atoms with E-state index in [0.29, 0.717) is 12.2 Å². The molecule has 6 heteroatoms. The Labute approximate surface area is 123 Å². The van der Waals surface area contributed by atoms with Gasteiger partial charge in [-0.3, -0.25) is 4.99 Å². The summed E-state index contributed by atoms with van der Waals surface area (Å²) in [6.45, 7) is 2.47. The van der Waals surface area contributed by atoms with E-state index in [9.17, 15) is 9.59 Å². The molecule has 0 aromatic carbocycles. The molecule has 3 unspecified atom stereocenters. The lowest BCUT2D eigenvalue weighted by Gasteiger charge is -2.33. The Balaban J connectivity index is 0.000000177. The number of nitrogens with one attached hydrogen (secondary N) is 1. The molecule has 0 spiro atoms. The predicted molar refractivity (Wildman–Crippen MR) is 78.2 cm³/mol. The second kappa shape index (κ2) is 7.17. The molecule has 3 rings (SSSR count). The molecule has 1 saturated carbocycles. The summed E-state index contributed by atoms with van der Waals surface area (Å²) in [4.78, 5) is 23.6. The highest BCUT2D eigenvalue weighted by Gasteiger charge is 2.37. The van der Waals surface area contributed by atoms with Crippen LogP contribution in [0.2, 0.25) is 0 Å². The minimum Gasteiger partial charge on any atom is -0.478 e. The monoisotopic (exact) mass is 292 g/mol. The minimum absolute atomic E-state index is 0.558. The zero-order valence-corrected chi connectivity index (χ0v) is 11.7. The van der Waals surface area contributed by atoms with Gasteiger partial charge in [0.15, 0.2) is 0 Å². The van der Waals surface area contributed by atoms with E-state index >= 15 is 0 Å². The number of carboxylic acids is 2. The quantitative estimate of drug-likeness (QED) is 0.666. The summed E-state index contributed by atoms with van der Waals surface area (Å²) in [5.74, 6) is 0.0999. The van der Waals surface area contributed by atoms with Gasteiger partial charge in [-0.05, 0) is 44.2 Å². The zero-order valence-electron chi connectivity index (χ0n) is 11.7. The largest absolute Gasteiger partial charge is 0.478 e. The lowest BCUT2D eigenvalue weighted by molar-refractivity contribution is -0.134. The molecule has 3 atom stereocenters. The van der Waals surface area contributed by atoms with E-state index in [1.807, 2.05) is 6.20 Å². The smallest absolute Gasteiger partial charge is 0.328 e. The van der Waals surface area contributed by atoms with Gasteiger partial charge in [0.1, 0.15) is 0 Å². The lowest BCUT2D eigenvalue weighted by atomic mass is 9.73. The maximum absolute atomic E-state index is 9.55. The standard InChI is InChI=1S/C11H16N2.C4H4O4/c1-2-8-4-9-6-12-7-10(9)5-11(8)13-3-1;5-3(6)1-2-4(7)8/h1,3,8-10,12H,2,4-7H2;1-2H,(H,5,6)(H,7,8). The van der Waals surface area contributed by atoms with E-state index in [-0.39, 0.29) is 0 Å². The third-order valence-corrected chi connectivity index (χ3v) is 4.14. The van der Waals surface area contributed by atoms with E-state index in [0.717, 1.165) is 17.8 Å². The number of hydrogen-bond acceptors (Lipinski definition) is 4. The van der Waals surface area contributed by atoms with Crippen molar-refractivity contribution in [3.05, 3.63) is 24.4 Å². The van der Waals surface area contributed by atoms with Crippen molar-refractivity contribution in [1.82, 2.24) is 5.32 Å². The summed E-state index contributed by atoms with van der Waals surface area (Å²) in [6, 6.07) is 0. The highest BCUT2D eigenvalue weighted by Crippen LogP contribution is 2.37. The molecule has 0 aromatic heterocycles. The number of aliphatic carboxylic acids is 2. The SMILES string of the molecule is C1=CN=C2CC3CNCC3CC2C1.O=C(O)C=CC(=O)O. The number of carbonyl (C=O) groups is 2. The van der Waals surface area contributed by atoms with Gasteiger partial charge in [-0.15, -0.1) is 0 Å². The molecule has 21 heavy (non-hydrogen) atoms. The molecule has 3 aliphatic rings. The van der Waals surface area contributed by atoms with Crippen LogP contribution in [0, 0.1) is 17.8 Å². The molecule has 2 fully saturated rings. The van der Waals surface area contributed by atoms with Gasteiger partial charge in [-0.25, -0.2) is 9.59 Å². The Morgan fingerprint density at radius 2 is 1.86 bits per heavy atom. The maximum Gasteiger partial charge on any atom is 0.328 e. The first-order valence-electron chi connectivity index (χ1n) is 7.12. The van der Waals surface area contributed by atoms with Crippen molar-refractivity contribution in [2.45, 2.75) is 19.3 Å². The zero-order chi connectivity index (χ0) is 15.2. The van der Waals surface area contributed by atoms with Crippen LogP contribution in [0.4, 0.5) is 0 Å². The Hall–Kier alpha value is -1.95. The summed E-state index contributed by atoms with van der Waals surface area (Å²) in [5.41, 5.74) is 1.48. The molecule has 1 aliphatic carbocycles. The van der Waals surface area contributed by atoms with Crippen molar-refractivity contribution < 1.29 is 19.8 Å². The molecule has 1 saturated heterocycles. The van der Waals surface area contributed by atoms with Crippen molar-refractivity contribution in [3.63, 3.8) is 0 Å². The van der Waals surface area contributed by atoms with Crippen LogP contribution in [0.15, 0.2) is 29.4 Å². The molecule has 0 bridgehead atoms. The summed E-state index contributed by atoms with van der Waals surface area (Å²) < 4.78 is 0. The topological polar surface area (TPSA) is 99.0 Å². The van der Waals surface area contributed by atoms with Gasteiger partial charge in [0, 0.05) is 30.0 Å². The summed E-state index contributed by atoms with van der Waals surface area (Å²) >= 11 is 0. The van der Waals surface area contributed by atoms with Crippen LogP contribution in [0.3, 0.4) is 0 Å². The fraction of sp³-hybridized carbons (Fsp3) is 0.533. The van der Waals surface area contributed by atoms with Gasteiger partial charge in [-0.1, -0.05) is 6.08 Å². The van der Waals surface area contributed by atoms with Crippen LogP contribution in [0.5, 0.6) is 0 Å². The van der Waals surface area contributed by atoms with E-state index in [1.165, 1.54) is 38.1 Å². The second-order valence-electron chi connectivity index (χ2n) is 5.57. The van der Waals surface area contributed by atoms with Crippen molar-refractivity contribution in [3.8, 4) is 0 Å². The van der Waals surface area contributed by atoms with Crippen molar-refractivity contribution in [2.24, 2.45) is 22.7 Å². The molecule has 0 amide bonds. The molecular formula is C15H20N2O4. The number of rotatable bonds is 2. The molecule has 2 aliphatic heterocycles. The summed E-state index contributed by atoms with van der Waals surface area (Å²) in [6.07, 6.45) is 9.20. The normalized spacial score (nSPS) is 29.9. The Bertz CT molecular complexity index is 480. The number of allylic oxidation sites excluding steroid dienone is 1. The molecule has 2 heterocycles. The van der Waals surface area contributed by atoms with E-state index in [2.05, 4.69) is 16.4 Å². The number of nitrogens with zero attached hydrogens (tertiary/aromatic N) is 1. The Morgan fingerprint density at radius 3 is 2.52 bits per heavy atom. The Morgan fingerprint density at radius 1 is 1.19 bits per heavy atom. The highest BCUT2D eigenvalue weighted by molar-refractivity contribution is 5.90. The molecule has 0 aromatic rings. The van der Waals surface area contributed by atoms with Crippen LogP contribution in [-0.2, 0) is 9.59 Å². The van der Waals surface area contributed by atoms with E-state index in [1.54, 1.807) is 0 Å². The minimum atomic E-state index is -1.26. The van der Waals surface area contributed by atoms with Gasteiger partial charge in [0.05, 0.1) is 0 Å². The summed E-state index contributed by atoms with van der Waals surface area (Å²) in [5, 5.41) is 19.1. The molecular weight excluding hydrogens is 272 g/mol. The van der Waals surface area contributed by atoms with Crippen LogP contribution >= 0.6 is 0 Å². The number of hydrogen-bond donors (Lipinski definition) is 3. The van der Waals surface area contributed by atoms with Gasteiger partial charge >= 0.3 is 11.9 Å². The van der Waals surface area contributed by atoms with Gasteiger partial charge in [0.25, 0.3) is 0 Å². The van der Waals surface area contributed by atoms with Crippen LogP contribution in [0.1, 0.15) is 19.3 Å². The van der Waals surface area contributed by atoms with Gasteiger partial charge in [0.2, 0.25) is 0 Å². The fourth-order valence-electron chi connectivity index (χ4n) is 3.15. The van der Waals surface area contributed by atoms with E-state index < -0.39 is 11.9 Å². The van der Waals surface area contributed by atoms with Crippen LogP contribution < -0.4 is 5.32 Å². The third-order valence-electron chi connectivity index (χ3n) is 4.14. The average Bonchev–Trinajstić information content (AvgIpc) is 2.90. The number of fused-ring (bicyclic) bond motifs is 2. The first-order chi connectivity index (χ1) is 10.1. The van der Waals surface area contributed by atoms with Crippen molar-refractivity contribution >= 4 is 17.7 Å². The second-order valence-corrected chi connectivity index (χ2v) is 5.57. The molecule has 6 nitrogen and oxygen atoms in total. The first-order valence-corrected chi connectivity index (χ1v) is 7.12. The van der Waals surface area contributed by atoms with Gasteiger partial charge < -0.3 is 15.5 Å². The van der Waals surface area contributed by atoms with Crippen LogP contribution in [-0.4, -0.2) is 41.0 Å². The highest BCUT2D eigenvalue weighted by atomic mass is 16.4. The number of aliphatic imine (C=N–C) groups is 1. The first kappa shape index (κ1) is 15.4. The average molecular weight is 292 g/mol. The molecule has 0 radical (unpaired) electrons. The fourth-order valence-corrected chi connectivity index (χ4v) is 3.15. The summed E-state index contributed by atoms with van der Waals surface area (Å²) in [7, 11) is 0. The number of carboxylic acid groups (broad SMARTS) is 2. The Kier molecular flexibility index (Phi) is 5.27. The molecule has 3 N–H and O–H groups in total. The lowest BCUT2D eigenvalue weighted by Crippen LogP contribution is -2.31. The molecule has 114 valence electrons. The maximum atomic E-state index is 9.55. The van der Waals surface area contributed by atoms with Crippen molar-refractivity contribution in [2.75, 3.05) is 13.1 Å². The third kappa shape index (κ3) is 4.53.